The number of hydrogen-bond acceptors (Lipinski definition) is 5. The van der Waals surface area contributed by atoms with Gasteiger partial charge in [0.15, 0.2) is 5.13 Å². The number of aromatic nitrogens is 1. The normalized spacial score (nSPS) is 10.9. The molecule has 0 aliphatic rings. The lowest BCUT2D eigenvalue weighted by molar-refractivity contribution is 0.0985. The smallest absolute Gasteiger partial charge is 0.260 e. The van der Waals surface area contributed by atoms with Crippen molar-refractivity contribution in [2.75, 3.05) is 37.8 Å². The largest absolute Gasteiger partial charge is 0.308 e. The van der Waals surface area contributed by atoms with Crippen LogP contribution in [0, 0.1) is 6.92 Å². The van der Waals surface area contributed by atoms with Crippen LogP contribution in [0.4, 0.5) is 5.13 Å². The molecule has 3 aromatic rings. The summed E-state index contributed by atoms with van der Waals surface area (Å²) in [7, 11) is 4.03. The number of carbonyl (C=O) groups excluding carboxylic acids is 1. The van der Waals surface area contributed by atoms with Gasteiger partial charge in [0.2, 0.25) is 0 Å². The zero-order valence-electron chi connectivity index (χ0n) is 16.6. The molecule has 7 heteroatoms. The number of benzene rings is 2. The number of amides is 1. The highest BCUT2D eigenvalue weighted by Crippen LogP contribution is 2.31. The summed E-state index contributed by atoms with van der Waals surface area (Å²) < 4.78 is 1.11. The Morgan fingerprint density at radius 2 is 1.82 bits per heavy atom. The molecule has 4 nitrogen and oxygen atoms in total. The van der Waals surface area contributed by atoms with Crippen LogP contribution in [0.1, 0.15) is 22.8 Å². The van der Waals surface area contributed by atoms with Gasteiger partial charge >= 0.3 is 0 Å². The molecule has 0 saturated heterocycles. The number of thioether (sulfide) groups is 1. The predicted molar refractivity (Wildman–Crippen MR) is 125 cm³/mol. The maximum atomic E-state index is 13.3. The lowest BCUT2D eigenvalue weighted by atomic mass is 10.2. The van der Waals surface area contributed by atoms with Gasteiger partial charge in [0, 0.05) is 23.5 Å². The second-order valence-electron chi connectivity index (χ2n) is 6.64. The Labute approximate surface area is 181 Å². The molecule has 1 heterocycles. The summed E-state index contributed by atoms with van der Waals surface area (Å²) in [6, 6.07) is 14.0. The molecule has 28 heavy (non-hydrogen) atoms. The summed E-state index contributed by atoms with van der Waals surface area (Å²) in [4.78, 5) is 23.1. The van der Waals surface area contributed by atoms with E-state index in [1.54, 1.807) is 23.1 Å². The molecule has 0 radical (unpaired) electrons. The standard InChI is InChI=1S/C21H25N3OS2.ClH/c1-5-26-17-11-9-16(10-12-17)20(25)24(14-13-23(3)4)21-22-19-15(2)7-6-8-18(19)27-21;/h6-12H,5,13-14H2,1-4H3;1H. The van der Waals surface area contributed by atoms with Gasteiger partial charge in [-0.25, -0.2) is 4.98 Å². The number of anilines is 1. The molecular formula is C21H26ClN3OS2. The van der Waals surface area contributed by atoms with Gasteiger partial charge in [0.05, 0.1) is 10.2 Å². The van der Waals surface area contributed by atoms with Crippen molar-refractivity contribution in [3.05, 3.63) is 53.6 Å². The fraction of sp³-hybridized carbons (Fsp3) is 0.333. The molecule has 1 aromatic heterocycles. The van der Waals surface area contributed by atoms with Gasteiger partial charge in [-0.1, -0.05) is 30.4 Å². The number of thiazole rings is 1. The van der Waals surface area contributed by atoms with Gasteiger partial charge in [0.25, 0.3) is 5.91 Å². The number of carbonyl (C=O) groups is 1. The van der Waals surface area contributed by atoms with Crippen molar-refractivity contribution >= 4 is 56.8 Å². The molecule has 0 aliphatic heterocycles. The second kappa shape index (κ2) is 10.3. The third-order valence-electron chi connectivity index (χ3n) is 4.27. The van der Waals surface area contributed by atoms with Crippen LogP contribution in [-0.2, 0) is 0 Å². The van der Waals surface area contributed by atoms with Gasteiger partial charge in [-0.3, -0.25) is 9.69 Å². The first-order chi connectivity index (χ1) is 13.0. The number of halogens is 1. The van der Waals surface area contributed by atoms with E-state index in [0.29, 0.717) is 12.1 Å². The van der Waals surface area contributed by atoms with Crippen LogP contribution in [0.25, 0.3) is 10.2 Å². The van der Waals surface area contributed by atoms with Crippen LogP contribution in [0.5, 0.6) is 0 Å². The molecule has 150 valence electrons. The number of likely N-dealkylation sites (N-methyl/N-ethyl adjacent to an activating group) is 1. The maximum absolute atomic E-state index is 13.3. The third kappa shape index (κ3) is 5.26. The van der Waals surface area contributed by atoms with Crippen LogP contribution in [0.15, 0.2) is 47.4 Å². The highest BCUT2D eigenvalue weighted by molar-refractivity contribution is 7.99. The fourth-order valence-corrected chi connectivity index (χ4v) is 4.52. The predicted octanol–water partition coefficient (Wildman–Crippen LogP) is 5.35. The first-order valence-corrected chi connectivity index (χ1v) is 10.9. The van der Waals surface area contributed by atoms with E-state index in [4.69, 9.17) is 4.98 Å². The summed E-state index contributed by atoms with van der Waals surface area (Å²) >= 11 is 3.35. The Hall–Kier alpha value is -1.60. The highest BCUT2D eigenvalue weighted by atomic mass is 35.5. The molecule has 3 rings (SSSR count). The Morgan fingerprint density at radius 1 is 1.11 bits per heavy atom. The van der Waals surface area contributed by atoms with Crippen LogP contribution >= 0.6 is 35.5 Å². The Balaban J connectivity index is 0.00000280. The first-order valence-electron chi connectivity index (χ1n) is 9.05. The minimum atomic E-state index is 0. The van der Waals surface area contributed by atoms with Crippen molar-refractivity contribution in [1.82, 2.24) is 9.88 Å². The van der Waals surface area contributed by atoms with Crippen molar-refractivity contribution in [3.8, 4) is 0 Å². The quantitative estimate of drug-likeness (QED) is 0.469. The van der Waals surface area contributed by atoms with Gasteiger partial charge in [-0.2, -0.15) is 0 Å². The van der Waals surface area contributed by atoms with E-state index < -0.39 is 0 Å². The van der Waals surface area contributed by atoms with Crippen LogP contribution < -0.4 is 4.90 Å². The van der Waals surface area contributed by atoms with Gasteiger partial charge in [-0.15, -0.1) is 24.2 Å². The van der Waals surface area contributed by atoms with E-state index >= 15 is 0 Å². The van der Waals surface area contributed by atoms with Crippen LogP contribution in [-0.4, -0.2) is 48.7 Å². The Kier molecular flexibility index (Phi) is 8.31. The summed E-state index contributed by atoms with van der Waals surface area (Å²) in [5.41, 5.74) is 2.82. The number of nitrogens with zero attached hydrogens (tertiary/aromatic N) is 3. The molecular weight excluding hydrogens is 410 g/mol. The maximum Gasteiger partial charge on any atom is 0.260 e. The number of hydrogen-bond donors (Lipinski definition) is 0. The average molecular weight is 436 g/mol. The number of para-hydroxylation sites is 1. The Morgan fingerprint density at radius 3 is 2.43 bits per heavy atom. The van der Waals surface area contributed by atoms with Gasteiger partial charge in [-0.05, 0) is 62.7 Å². The van der Waals surface area contributed by atoms with E-state index in [9.17, 15) is 4.79 Å². The molecule has 2 aromatic carbocycles. The number of aryl methyl sites for hydroxylation is 1. The Bertz CT molecular complexity index is 925. The minimum Gasteiger partial charge on any atom is -0.308 e. The lowest BCUT2D eigenvalue weighted by Crippen LogP contribution is -2.36. The third-order valence-corrected chi connectivity index (χ3v) is 6.21. The molecule has 1 amide bonds. The lowest BCUT2D eigenvalue weighted by Gasteiger charge is -2.22. The van der Waals surface area contributed by atoms with Crippen molar-refractivity contribution in [2.45, 2.75) is 18.7 Å². The zero-order chi connectivity index (χ0) is 19.4. The number of fused-ring (bicyclic) bond motifs is 1. The molecule has 0 N–H and O–H groups in total. The summed E-state index contributed by atoms with van der Waals surface area (Å²) in [5, 5.41) is 0.762. The van der Waals surface area contributed by atoms with Crippen molar-refractivity contribution in [1.29, 1.82) is 0 Å². The minimum absolute atomic E-state index is 0. The molecule has 0 spiro atoms. The molecule has 0 bridgehead atoms. The molecule has 0 unspecified atom stereocenters. The SMILES string of the molecule is CCSc1ccc(C(=O)N(CCN(C)C)c2nc3c(C)cccc3s2)cc1.Cl. The molecule has 0 aliphatic carbocycles. The topological polar surface area (TPSA) is 36.4 Å². The van der Waals surface area contributed by atoms with E-state index in [0.717, 1.165) is 33.2 Å². The zero-order valence-corrected chi connectivity index (χ0v) is 19.1. The van der Waals surface area contributed by atoms with Crippen molar-refractivity contribution in [2.24, 2.45) is 0 Å². The second-order valence-corrected chi connectivity index (χ2v) is 8.98. The van der Waals surface area contributed by atoms with Crippen molar-refractivity contribution in [3.63, 3.8) is 0 Å². The first kappa shape index (κ1) is 22.7. The summed E-state index contributed by atoms with van der Waals surface area (Å²) in [6.07, 6.45) is 0. The monoisotopic (exact) mass is 435 g/mol. The fourth-order valence-electron chi connectivity index (χ4n) is 2.79. The van der Waals surface area contributed by atoms with Crippen LogP contribution in [0.3, 0.4) is 0 Å². The molecule has 0 fully saturated rings. The van der Waals surface area contributed by atoms with Crippen LogP contribution in [0.2, 0.25) is 0 Å². The van der Waals surface area contributed by atoms with Gasteiger partial charge < -0.3 is 4.90 Å². The molecule has 0 saturated carbocycles. The van der Waals surface area contributed by atoms with Gasteiger partial charge in [0.1, 0.15) is 0 Å². The summed E-state index contributed by atoms with van der Waals surface area (Å²) in [6.45, 7) is 5.57. The summed E-state index contributed by atoms with van der Waals surface area (Å²) in [5.74, 6) is 1.02. The van der Waals surface area contributed by atoms with E-state index in [1.165, 1.54) is 4.90 Å². The number of rotatable bonds is 7. The van der Waals surface area contributed by atoms with E-state index in [-0.39, 0.29) is 18.3 Å². The van der Waals surface area contributed by atoms with E-state index in [2.05, 4.69) is 30.9 Å². The van der Waals surface area contributed by atoms with Crippen molar-refractivity contribution < 1.29 is 4.79 Å². The average Bonchev–Trinajstić information content (AvgIpc) is 3.08. The molecule has 0 atom stereocenters. The van der Waals surface area contributed by atoms with E-state index in [1.807, 2.05) is 49.3 Å². The highest BCUT2D eigenvalue weighted by Gasteiger charge is 2.21.